The van der Waals surface area contributed by atoms with Crippen LogP contribution in [0.1, 0.15) is 40.9 Å². The molecule has 1 atom stereocenters. The summed E-state index contributed by atoms with van der Waals surface area (Å²) in [6.45, 7) is 4.49. The highest BCUT2D eigenvalue weighted by molar-refractivity contribution is 5.98. The second-order valence-corrected chi connectivity index (χ2v) is 7.85. The van der Waals surface area contributed by atoms with E-state index in [1.165, 1.54) is 0 Å². The normalized spacial score (nSPS) is 18.2. The highest BCUT2D eigenvalue weighted by Crippen LogP contribution is 2.36. The average molecular weight is 441 g/mol. The molecule has 1 aliphatic carbocycles. The zero-order valence-electron chi connectivity index (χ0n) is 18.7. The lowest BCUT2D eigenvalue weighted by atomic mass is 9.82. The van der Waals surface area contributed by atoms with Crippen LogP contribution >= 0.6 is 0 Å². The van der Waals surface area contributed by atoms with Gasteiger partial charge in [-0.3, -0.25) is 4.79 Å². The van der Waals surface area contributed by atoms with E-state index < -0.39 is 0 Å². The zero-order valence-corrected chi connectivity index (χ0v) is 18.7. The second kappa shape index (κ2) is 9.42. The fraction of sp³-hybridized carbons (Fsp3) is 0.478. The molecule has 1 aliphatic heterocycles. The molecule has 1 fully saturated rings. The van der Waals surface area contributed by atoms with Crippen LogP contribution in [0.5, 0.6) is 11.5 Å². The van der Waals surface area contributed by atoms with Gasteiger partial charge in [0.2, 0.25) is 5.95 Å². The number of aromatic nitrogens is 2. The molecule has 1 aromatic carbocycles. The van der Waals surface area contributed by atoms with Gasteiger partial charge in [-0.1, -0.05) is 6.07 Å². The third-order valence-corrected chi connectivity index (χ3v) is 5.99. The molecule has 0 unspecified atom stereocenters. The van der Waals surface area contributed by atoms with E-state index in [2.05, 4.69) is 4.98 Å². The fourth-order valence-electron chi connectivity index (χ4n) is 4.23. The quantitative estimate of drug-likeness (QED) is 0.701. The van der Waals surface area contributed by atoms with Gasteiger partial charge in [-0.15, -0.1) is 0 Å². The van der Waals surface area contributed by atoms with Gasteiger partial charge in [0.1, 0.15) is 0 Å². The molecule has 0 bridgehead atoms. The maximum absolute atomic E-state index is 12.8. The predicted molar refractivity (Wildman–Crippen MR) is 118 cm³/mol. The van der Waals surface area contributed by atoms with Crippen molar-refractivity contribution in [1.29, 1.82) is 0 Å². The van der Waals surface area contributed by atoms with Crippen LogP contribution in [0.25, 0.3) is 0 Å². The van der Waals surface area contributed by atoms with Gasteiger partial charge in [0.15, 0.2) is 17.3 Å². The summed E-state index contributed by atoms with van der Waals surface area (Å²) < 4.78 is 15.8. The second-order valence-electron chi connectivity index (χ2n) is 7.85. The number of carbonyl (C=O) groups excluding carboxylic acids is 2. The molecule has 0 radical (unpaired) electrons. The van der Waals surface area contributed by atoms with E-state index in [-0.39, 0.29) is 17.8 Å². The largest absolute Gasteiger partial charge is 0.493 e. The fourth-order valence-corrected chi connectivity index (χ4v) is 4.23. The lowest BCUT2D eigenvalue weighted by molar-refractivity contribution is 0.0961. The van der Waals surface area contributed by atoms with Crippen LogP contribution in [0.4, 0.5) is 10.7 Å². The van der Waals surface area contributed by atoms with E-state index in [1.54, 1.807) is 32.2 Å². The van der Waals surface area contributed by atoms with Crippen molar-refractivity contribution in [3.63, 3.8) is 0 Å². The van der Waals surface area contributed by atoms with Crippen molar-refractivity contribution in [2.75, 3.05) is 51.9 Å². The molecule has 1 amide bonds. The summed E-state index contributed by atoms with van der Waals surface area (Å²) in [5, 5.41) is 0. The number of benzene rings is 1. The van der Waals surface area contributed by atoms with Gasteiger partial charge in [-0.2, -0.15) is 0 Å². The Kier molecular flexibility index (Phi) is 6.43. The summed E-state index contributed by atoms with van der Waals surface area (Å²) in [4.78, 5) is 37.7. The van der Waals surface area contributed by atoms with Gasteiger partial charge in [0.05, 0.1) is 32.1 Å². The number of methoxy groups -OCH3 is 2. The Morgan fingerprint density at radius 2 is 1.84 bits per heavy atom. The number of hydrogen-bond donors (Lipinski definition) is 0. The number of hydrogen-bond acceptors (Lipinski definition) is 8. The number of ketones is 1. The number of anilines is 1. The number of rotatable bonds is 5. The highest BCUT2D eigenvalue weighted by Gasteiger charge is 2.30. The summed E-state index contributed by atoms with van der Waals surface area (Å²) >= 11 is 0. The molecule has 2 aromatic rings. The number of Topliss-reactive ketones (excluding diaryl/α,β-unsaturated/α-hetero) is 1. The molecule has 2 aliphatic rings. The Hall–Kier alpha value is -3.36. The Balaban J connectivity index is 1.51. The van der Waals surface area contributed by atoms with Gasteiger partial charge >= 0.3 is 6.09 Å². The van der Waals surface area contributed by atoms with Crippen molar-refractivity contribution >= 4 is 17.8 Å². The third kappa shape index (κ3) is 4.32. The number of nitrogens with zero attached hydrogens (tertiary/aromatic N) is 4. The molecular formula is C23H28N4O5. The van der Waals surface area contributed by atoms with Crippen LogP contribution in [-0.2, 0) is 11.2 Å². The minimum absolute atomic E-state index is 0.0122. The summed E-state index contributed by atoms with van der Waals surface area (Å²) in [6, 6.07) is 5.77. The molecule has 2 heterocycles. The number of ether oxygens (including phenoxy) is 3. The average Bonchev–Trinajstić information content (AvgIpc) is 2.83. The Bertz CT molecular complexity index is 1000. The minimum Gasteiger partial charge on any atom is -0.493 e. The van der Waals surface area contributed by atoms with E-state index in [0.717, 1.165) is 11.3 Å². The van der Waals surface area contributed by atoms with Crippen LogP contribution in [0.2, 0.25) is 0 Å². The van der Waals surface area contributed by atoms with E-state index in [0.29, 0.717) is 68.6 Å². The monoisotopic (exact) mass is 440 g/mol. The van der Waals surface area contributed by atoms with Crippen LogP contribution in [0, 0.1) is 0 Å². The predicted octanol–water partition coefficient (Wildman–Crippen LogP) is 2.69. The summed E-state index contributed by atoms with van der Waals surface area (Å²) in [5.74, 6) is 1.95. The number of carbonyl (C=O) groups is 2. The Labute approximate surface area is 187 Å². The Morgan fingerprint density at radius 1 is 1.09 bits per heavy atom. The maximum Gasteiger partial charge on any atom is 0.409 e. The smallest absolute Gasteiger partial charge is 0.409 e. The summed E-state index contributed by atoms with van der Waals surface area (Å²) in [5.41, 5.74) is 2.37. The molecule has 1 aromatic heterocycles. The standard InChI is InChI=1S/C23H28N4O5/c1-4-32-23(29)27-9-7-26(8-10-27)22-24-14-17-18(25-22)11-16(12-19(17)28)15-5-6-20(30-2)21(13-15)31-3/h5-6,13-14,16H,4,7-12H2,1-3H3/t16-/m1/s1. The number of fused-ring (bicyclic) bond motifs is 1. The van der Waals surface area contributed by atoms with Gasteiger partial charge in [0.25, 0.3) is 0 Å². The molecule has 4 rings (SSSR count). The summed E-state index contributed by atoms with van der Waals surface area (Å²) in [7, 11) is 3.20. The van der Waals surface area contributed by atoms with E-state index in [4.69, 9.17) is 19.2 Å². The number of amides is 1. The van der Waals surface area contributed by atoms with E-state index in [1.807, 2.05) is 23.1 Å². The first-order valence-electron chi connectivity index (χ1n) is 10.8. The molecule has 1 saturated heterocycles. The molecule has 170 valence electrons. The molecule has 9 nitrogen and oxygen atoms in total. The van der Waals surface area contributed by atoms with Crippen LogP contribution in [0.15, 0.2) is 24.4 Å². The van der Waals surface area contributed by atoms with Crippen molar-refractivity contribution in [3.8, 4) is 11.5 Å². The van der Waals surface area contributed by atoms with Crippen molar-refractivity contribution in [3.05, 3.63) is 41.2 Å². The van der Waals surface area contributed by atoms with Gasteiger partial charge in [0, 0.05) is 38.8 Å². The molecular weight excluding hydrogens is 412 g/mol. The molecule has 0 spiro atoms. The highest BCUT2D eigenvalue weighted by atomic mass is 16.6. The Morgan fingerprint density at radius 3 is 2.53 bits per heavy atom. The van der Waals surface area contributed by atoms with Crippen molar-refractivity contribution < 1.29 is 23.8 Å². The van der Waals surface area contributed by atoms with E-state index in [9.17, 15) is 9.59 Å². The van der Waals surface area contributed by atoms with Crippen LogP contribution < -0.4 is 14.4 Å². The molecule has 0 N–H and O–H groups in total. The molecule has 32 heavy (non-hydrogen) atoms. The van der Waals surface area contributed by atoms with Gasteiger partial charge in [-0.25, -0.2) is 14.8 Å². The SMILES string of the molecule is CCOC(=O)N1CCN(c2ncc3c(n2)C[C@@H](c2ccc(OC)c(OC)c2)CC3=O)CC1. The molecule has 0 saturated carbocycles. The lowest BCUT2D eigenvalue weighted by Crippen LogP contribution is -2.49. The number of piperazine rings is 1. The van der Waals surface area contributed by atoms with Crippen molar-refractivity contribution in [2.45, 2.75) is 25.7 Å². The van der Waals surface area contributed by atoms with Crippen LogP contribution in [0.3, 0.4) is 0 Å². The first-order valence-corrected chi connectivity index (χ1v) is 10.8. The van der Waals surface area contributed by atoms with Crippen molar-refractivity contribution in [1.82, 2.24) is 14.9 Å². The van der Waals surface area contributed by atoms with Crippen LogP contribution in [-0.4, -0.2) is 73.7 Å². The van der Waals surface area contributed by atoms with E-state index >= 15 is 0 Å². The van der Waals surface area contributed by atoms with Gasteiger partial charge < -0.3 is 24.0 Å². The third-order valence-electron chi connectivity index (χ3n) is 5.99. The van der Waals surface area contributed by atoms with Gasteiger partial charge in [-0.05, 0) is 37.0 Å². The minimum atomic E-state index is -0.290. The molecule has 9 heteroatoms. The maximum atomic E-state index is 12.8. The topological polar surface area (TPSA) is 94.1 Å². The first kappa shape index (κ1) is 21.9. The lowest BCUT2D eigenvalue weighted by Gasteiger charge is -2.34. The first-order chi connectivity index (χ1) is 15.5. The summed E-state index contributed by atoms with van der Waals surface area (Å²) in [6.07, 6.45) is 2.41. The zero-order chi connectivity index (χ0) is 22.7. The van der Waals surface area contributed by atoms with Crippen molar-refractivity contribution in [2.24, 2.45) is 0 Å².